The van der Waals surface area contributed by atoms with Gasteiger partial charge in [-0.2, -0.15) is 0 Å². The van der Waals surface area contributed by atoms with E-state index >= 15 is 0 Å². The maximum atomic E-state index is 12.7. The van der Waals surface area contributed by atoms with Crippen molar-refractivity contribution in [3.8, 4) is 5.75 Å². The highest BCUT2D eigenvalue weighted by atomic mass is 35.5. The second-order valence-corrected chi connectivity index (χ2v) is 6.04. The zero-order valence-corrected chi connectivity index (χ0v) is 14.4. The Labute approximate surface area is 145 Å². The first-order chi connectivity index (χ1) is 11.5. The van der Waals surface area contributed by atoms with E-state index in [1.807, 2.05) is 32.0 Å². The lowest BCUT2D eigenvalue weighted by Gasteiger charge is -2.11. The summed E-state index contributed by atoms with van der Waals surface area (Å²) in [7, 11) is 1.55. The first-order valence-corrected chi connectivity index (χ1v) is 7.88. The summed E-state index contributed by atoms with van der Waals surface area (Å²) in [6, 6.07) is 12.8. The summed E-state index contributed by atoms with van der Waals surface area (Å²) in [6.07, 6.45) is 0. The van der Waals surface area contributed by atoms with Gasteiger partial charge in [0.2, 0.25) is 0 Å². The number of amides is 1. The molecule has 0 unspecified atom stereocenters. The molecule has 0 radical (unpaired) electrons. The third-order valence-electron chi connectivity index (χ3n) is 3.75. The van der Waals surface area contributed by atoms with Gasteiger partial charge in [0.1, 0.15) is 5.75 Å². The van der Waals surface area contributed by atoms with Gasteiger partial charge in [0.15, 0.2) is 0 Å². The zero-order chi connectivity index (χ0) is 17.3. The van der Waals surface area contributed by atoms with Crippen LogP contribution in [0.4, 0.5) is 5.69 Å². The van der Waals surface area contributed by atoms with Crippen LogP contribution in [0.3, 0.4) is 0 Å². The number of carbonyl (C=O) groups is 1. The number of methoxy groups -OCH3 is 1. The van der Waals surface area contributed by atoms with Crippen LogP contribution >= 0.6 is 11.6 Å². The molecule has 0 saturated carbocycles. The minimum absolute atomic E-state index is 0.197. The van der Waals surface area contributed by atoms with Crippen LogP contribution in [0, 0.1) is 13.8 Å². The summed E-state index contributed by atoms with van der Waals surface area (Å²) in [5.41, 5.74) is 3.88. The summed E-state index contributed by atoms with van der Waals surface area (Å²) in [5, 5.41) is 4.16. The third-order valence-corrected chi connectivity index (χ3v) is 4.04. The summed E-state index contributed by atoms with van der Waals surface area (Å²) >= 11 is 6.11. The molecule has 0 spiro atoms. The van der Waals surface area contributed by atoms with Gasteiger partial charge < -0.3 is 10.1 Å². The maximum Gasteiger partial charge on any atom is 0.256 e. The summed E-state index contributed by atoms with van der Waals surface area (Å²) in [5.74, 6) is 0.368. The second-order valence-electron chi connectivity index (χ2n) is 5.64. The average Bonchev–Trinajstić information content (AvgIpc) is 2.54. The number of benzene rings is 2. The Morgan fingerprint density at radius 2 is 1.92 bits per heavy atom. The van der Waals surface area contributed by atoms with Gasteiger partial charge in [0, 0.05) is 16.8 Å². The van der Waals surface area contributed by atoms with E-state index in [9.17, 15) is 4.79 Å². The highest BCUT2D eigenvalue weighted by Crippen LogP contribution is 2.28. The van der Waals surface area contributed by atoms with Crippen LogP contribution in [0.15, 0.2) is 42.5 Å². The van der Waals surface area contributed by atoms with E-state index in [4.69, 9.17) is 16.3 Å². The molecule has 0 bridgehead atoms. The zero-order valence-electron chi connectivity index (χ0n) is 13.7. The topological polar surface area (TPSA) is 51.2 Å². The maximum absolute atomic E-state index is 12.7. The van der Waals surface area contributed by atoms with Gasteiger partial charge in [-0.3, -0.25) is 9.78 Å². The number of hydrogen-bond acceptors (Lipinski definition) is 3. The largest absolute Gasteiger partial charge is 0.495 e. The molecule has 0 saturated heterocycles. The molecule has 0 fully saturated rings. The van der Waals surface area contributed by atoms with E-state index in [0.29, 0.717) is 22.0 Å². The third kappa shape index (κ3) is 3.19. The van der Waals surface area contributed by atoms with Crippen molar-refractivity contribution in [3.05, 3.63) is 64.3 Å². The lowest BCUT2D eigenvalue weighted by Crippen LogP contribution is -2.13. The lowest BCUT2D eigenvalue weighted by molar-refractivity contribution is 0.102. The van der Waals surface area contributed by atoms with Crippen molar-refractivity contribution >= 4 is 34.1 Å². The molecule has 2 aromatic carbocycles. The first kappa shape index (κ1) is 16.3. The van der Waals surface area contributed by atoms with Crippen LogP contribution in [0.1, 0.15) is 21.6 Å². The van der Waals surface area contributed by atoms with Crippen LogP contribution in [-0.4, -0.2) is 18.0 Å². The standard InChI is InChI=1S/C19H17ClN2O2/c1-11-4-6-17-14(8-11)15(9-12(2)21-17)19(23)22-13-5-7-18(24-3)16(20)10-13/h4-10H,1-3H3,(H,22,23). The number of pyridine rings is 1. The number of anilines is 1. The van der Waals surface area contributed by atoms with Crippen molar-refractivity contribution in [1.82, 2.24) is 4.98 Å². The number of halogens is 1. The number of ether oxygens (including phenoxy) is 1. The van der Waals surface area contributed by atoms with Crippen LogP contribution in [0.25, 0.3) is 10.9 Å². The van der Waals surface area contributed by atoms with Crippen LogP contribution < -0.4 is 10.1 Å². The highest BCUT2D eigenvalue weighted by Gasteiger charge is 2.13. The highest BCUT2D eigenvalue weighted by molar-refractivity contribution is 6.32. The Hall–Kier alpha value is -2.59. The number of aromatic nitrogens is 1. The normalized spacial score (nSPS) is 10.7. The average molecular weight is 341 g/mol. The smallest absolute Gasteiger partial charge is 0.256 e. The molecule has 1 amide bonds. The fourth-order valence-corrected chi connectivity index (χ4v) is 2.86. The SMILES string of the molecule is COc1ccc(NC(=O)c2cc(C)nc3ccc(C)cc23)cc1Cl. The summed E-state index contributed by atoms with van der Waals surface area (Å²) in [6.45, 7) is 3.87. The van der Waals surface area contributed by atoms with Crippen molar-refractivity contribution < 1.29 is 9.53 Å². The number of hydrogen-bond donors (Lipinski definition) is 1. The molecule has 0 atom stereocenters. The molecule has 0 aliphatic rings. The molecule has 1 N–H and O–H groups in total. The summed E-state index contributed by atoms with van der Waals surface area (Å²) < 4.78 is 5.12. The van der Waals surface area contributed by atoms with E-state index < -0.39 is 0 Å². The van der Waals surface area contributed by atoms with E-state index in [-0.39, 0.29) is 5.91 Å². The Morgan fingerprint density at radius 3 is 2.62 bits per heavy atom. The van der Waals surface area contributed by atoms with Crippen molar-refractivity contribution in [1.29, 1.82) is 0 Å². The van der Waals surface area contributed by atoms with Gasteiger partial charge in [-0.1, -0.05) is 23.2 Å². The number of nitrogens with zero attached hydrogens (tertiary/aromatic N) is 1. The Bertz CT molecular complexity index is 938. The molecule has 5 heteroatoms. The quantitative estimate of drug-likeness (QED) is 0.747. The fourth-order valence-electron chi connectivity index (χ4n) is 2.60. The van der Waals surface area contributed by atoms with Crippen LogP contribution in [0.5, 0.6) is 5.75 Å². The van der Waals surface area contributed by atoms with Gasteiger partial charge >= 0.3 is 0 Å². The van der Waals surface area contributed by atoms with Crippen molar-refractivity contribution in [2.45, 2.75) is 13.8 Å². The Morgan fingerprint density at radius 1 is 1.12 bits per heavy atom. The predicted octanol–water partition coefficient (Wildman–Crippen LogP) is 4.77. The molecule has 4 nitrogen and oxygen atoms in total. The van der Waals surface area contributed by atoms with Gasteiger partial charge in [-0.25, -0.2) is 0 Å². The fraction of sp³-hybridized carbons (Fsp3) is 0.158. The van der Waals surface area contributed by atoms with Gasteiger partial charge in [0.25, 0.3) is 5.91 Å². The van der Waals surface area contributed by atoms with Crippen LogP contribution in [-0.2, 0) is 0 Å². The molecular weight excluding hydrogens is 324 g/mol. The molecule has 122 valence electrons. The number of fused-ring (bicyclic) bond motifs is 1. The van der Waals surface area contributed by atoms with Crippen molar-refractivity contribution in [2.75, 3.05) is 12.4 Å². The predicted molar refractivity (Wildman–Crippen MR) is 97.2 cm³/mol. The molecule has 24 heavy (non-hydrogen) atoms. The monoisotopic (exact) mass is 340 g/mol. The molecule has 0 aliphatic carbocycles. The van der Waals surface area contributed by atoms with Gasteiger partial charge in [-0.05, 0) is 50.2 Å². The minimum atomic E-state index is -0.197. The molecule has 1 aromatic heterocycles. The molecule has 0 aliphatic heterocycles. The van der Waals surface area contributed by atoms with E-state index in [2.05, 4.69) is 10.3 Å². The molecule has 3 rings (SSSR count). The lowest BCUT2D eigenvalue weighted by atomic mass is 10.0. The molecule has 1 heterocycles. The van der Waals surface area contributed by atoms with E-state index in [1.54, 1.807) is 31.4 Å². The summed E-state index contributed by atoms with van der Waals surface area (Å²) in [4.78, 5) is 17.2. The molecule has 3 aromatic rings. The number of nitrogens with one attached hydrogen (secondary N) is 1. The second kappa shape index (κ2) is 6.49. The van der Waals surface area contributed by atoms with Gasteiger partial charge in [0.05, 0.1) is 23.2 Å². The van der Waals surface area contributed by atoms with E-state index in [0.717, 1.165) is 22.2 Å². The van der Waals surface area contributed by atoms with Gasteiger partial charge in [-0.15, -0.1) is 0 Å². The van der Waals surface area contributed by atoms with E-state index in [1.165, 1.54) is 0 Å². The minimum Gasteiger partial charge on any atom is -0.495 e. The molecular formula is C19H17ClN2O2. The Balaban J connectivity index is 1.99. The van der Waals surface area contributed by atoms with Crippen LogP contribution in [0.2, 0.25) is 5.02 Å². The van der Waals surface area contributed by atoms with Crippen molar-refractivity contribution in [3.63, 3.8) is 0 Å². The number of aryl methyl sites for hydroxylation is 2. The van der Waals surface area contributed by atoms with Crippen molar-refractivity contribution in [2.24, 2.45) is 0 Å². The number of carbonyl (C=O) groups excluding carboxylic acids is 1. The Kier molecular flexibility index (Phi) is 4.40. The first-order valence-electron chi connectivity index (χ1n) is 7.51. The number of rotatable bonds is 3.